The van der Waals surface area contributed by atoms with Gasteiger partial charge in [0.2, 0.25) is 21.8 Å². The molecule has 2 amide bonds. The predicted molar refractivity (Wildman–Crippen MR) is 144 cm³/mol. The number of sulfonamides is 1. The number of carbonyl (C=O) groups excluding carboxylic acids is 2. The highest BCUT2D eigenvalue weighted by Gasteiger charge is 2.28. The first-order valence-corrected chi connectivity index (χ1v) is 14.6. The van der Waals surface area contributed by atoms with E-state index in [4.69, 9.17) is 0 Å². The Kier molecular flexibility index (Phi) is 9.54. The van der Waals surface area contributed by atoms with Gasteiger partial charge >= 0.3 is 0 Å². The van der Waals surface area contributed by atoms with Gasteiger partial charge in [-0.25, -0.2) is 8.42 Å². The van der Waals surface area contributed by atoms with Crippen LogP contribution in [0.2, 0.25) is 0 Å². The third-order valence-electron chi connectivity index (χ3n) is 6.78. The highest BCUT2D eigenvalue weighted by molar-refractivity contribution is 7.92. The van der Waals surface area contributed by atoms with E-state index >= 15 is 0 Å². The molecule has 0 aromatic heterocycles. The summed E-state index contributed by atoms with van der Waals surface area (Å²) >= 11 is 0. The number of amides is 2. The molecule has 0 bridgehead atoms. The second kappa shape index (κ2) is 12.4. The molecule has 0 radical (unpaired) electrons. The molecule has 1 aliphatic carbocycles. The van der Waals surface area contributed by atoms with Crippen LogP contribution in [-0.4, -0.2) is 50.0 Å². The van der Waals surface area contributed by atoms with Crippen LogP contribution in [0.25, 0.3) is 0 Å². The molecule has 196 valence electrons. The quantitative estimate of drug-likeness (QED) is 0.485. The van der Waals surface area contributed by atoms with Crippen LogP contribution in [0.1, 0.15) is 62.1 Å². The minimum atomic E-state index is -3.50. The molecule has 2 aromatic carbocycles. The number of benzene rings is 2. The van der Waals surface area contributed by atoms with Gasteiger partial charge in [0, 0.05) is 25.6 Å². The van der Waals surface area contributed by atoms with Crippen LogP contribution in [0, 0.1) is 13.8 Å². The molecule has 0 spiro atoms. The Labute approximate surface area is 215 Å². The van der Waals surface area contributed by atoms with E-state index in [0.717, 1.165) is 42.4 Å². The summed E-state index contributed by atoms with van der Waals surface area (Å²) < 4.78 is 26.3. The van der Waals surface area contributed by atoms with E-state index < -0.39 is 16.1 Å². The monoisotopic (exact) mass is 513 g/mol. The van der Waals surface area contributed by atoms with Gasteiger partial charge in [0.1, 0.15) is 6.04 Å². The number of hydrogen-bond donors (Lipinski definition) is 1. The second-order valence-corrected chi connectivity index (χ2v) is 11.9. The zero-order valence-corrected chi connectivity index (χ0v) is 22.7. The summed E-state index contributed by atoms with van der Waals surface area (Å²) in [6.45, 7) is 6.20. The number of aryl methyl sites for hydroxylation is 2. The van der Waals surface area contributed by atoms with E-state index in [1.54, 1.807) is 17.9 Å². The summed E-state index contributed by atoms with van der Waals surface area (Å²) in [5.41, 5.74) is 3.63. The first kappa shape index (κ1) is 27.7. The lowest BCUT2D eigenvalue weighted by Gasteiger charge is -2.30. The predicted octanol–water partition coefficient (Wildman–Crippen LogP) is 4.33. The minimum absolute atomic E-state index is 0.139. The maximum atomic E-state index is 13.4. The molecular weight excluding hydrogens is 474 g/mol. The summed E-state index contributed by atoms with van der Waals surface area (Å²) in [6, 6.07) is 14.8. The summed E-state index contributed by atoms with van der Waals surface area (Å²) in [5.74, 6) is -0.303. The van der Waals surface area contributed by atoms with Gasteiger partial charge in [-0.05, 0) is 63.3 Å². The maximum Gasteiger partial charge on any atom is 0.242 e. The first-order chi connectivity index (χ1) is 17.0. The second-order valence-electron chi connectivity index (χ2n) is 9.95. The standard InChI is InChI=1S/C28H39N3O4S/c1-21-14-16-24(17-15-21)20-30(23(3)28(33)29-25-10-5-6-11-25)27(32)13-8-18-31(36(4,34)35)26-12-7-9-22(2)19-26/h7,9,12,14-17,19,23,25H,5-6,8,10-11,13,18,20H2,1-4H3,(H,29,33). The molecule has 1 atom stereocenters. The molecule has 1 N–H and O–H groups in total. The lowest BCUT2D eigenvalue weighted by atomic mass is 10.1. The molecule has 7 nitrogen and oxygen atoms in total. The fourth-order valence-corrected chi connectivity index (χ4v) is 5.61. The van der Waals surface area contributed by atoms with Crippen LogP contribution in [0.4, 0.5) is 5.69 Å². The van der Waals surface area contributed by atoms with Crippen molar-refractivity contribution in [1.29, 1.82) is 0 Å². The molecule has 2 aromatic rings. The van der Waals surface area contributed by atoms with Crippen molar-refractivity contribution in [1.82, 2.24) is 10.2 Å². The van der Waals surface area contributed by atoms with Crippen molar-refractivity contribution in [2.24, 2.45) is 0 Å². The number of nitrogens with zero attached hydrogens (tertiary/aromatic N) is 2. The molecule has 0 heterocycles. The van der Waals surface area contributed by atoms with E-state index in [9.17, 15) is 18.0 Å². The summed E-state index contributed by atoms with van der Waals surface area (Å²) in [4.78, 5) is 28.0. The van der Waals surface area contributed by atoms with Gasteiger partial charge < -0.3 is 10.2 Å². The van der Waals surface area contributed by atoms with E-state index in [-0.39, 0.29) is 30.8 Å². The topological polar surface area (TPSA) is 86.8 Å². The van der Waals surface area contributed by atoms with Crippen LogP contribution >= 0.6 is 0 Å². The van der Waals surface area contributed by atoms with Gasteiger partial charge in [0.15, 0.2) is 0 Å². The fourth-order valence-electron chi connectivity index (χ4n) is 4.65. The Morgan fingerprint density at radius 2 is 1.69 bits per heavy atom. The molecule has 3 rings (SSSR count). The lowest BCUT2D eigenvalue weighted by molar-refractivity contribution is -0.141. The summed E-state index contributed by atoms with van der Waals surface area (Å²) in [7, 11) is -3.50. The van der Waals surface area contributed by atoms with Crippen LogP contribution in [0.3, 0.4) is 0 Å². The van der Waals surface area contributed by atoms with Crippen molar-refractivity contribution in [3.8, 4) is 0 Å². The van der Waals surface area contributed by atoms with Crippen molar-refractivity contribution in [3.05, 3.63) is 65.2 Å². The Bertz CT molecular complexity index is 1140. The normalized spacial score (nSPS) is 14.9. The van der Waals surface area contributed by atoms with Crippen molar-refractivity contribution in [2.75, 3.05) is 17.1 Å². The van der Waals surface area contributed by atoms with Crippen LogP contribution in [0.15, 0.2) is 48.5 Å². The van der Waals surface area contributed by atoms with Gasteiger partial charge in [-0.15, -0.1) is 0 Å². The maximum absolute atomic E-state index is 13.4. The third kappa shape index (κ3) is 7.82. The Hall–Kier alpha value is -2.87. The molecule has 0 aliphatic heterocycles. The van der Waals surface area contributed by atoms with Gasteiger partial charge in [-0.3, -0.25) is 13.9 Å². The zero-order valence-electron chi connectivity index (χ0n) is 21.9. The SMILES string of the molecule is Cc1ccc(CN(C(=O)CCCN(c2cccc(C)c2)S(C)(=O)=O)C(C)C(=O)NC2CCCC2)cc1. The Morgan fingerprint density at radius 1 is 1.03 bits per heavy atom. The van der Waals surface area contributed by atoms with Crippen molar-refractivity contribution in [2.45, 2.75) is 77.9 Å². The Morgan fingerprint density at radius 3 is 2.31 bits per heavy atom. The lowest BCUT2D eigenvalue weighted by Crippen LogP contribution is -2.49. The number of hydrogen-bond acceptors (Lipinski definition) is 4. The van der Waals surface area contributed by atoms with Crippen molar-refractivity contribution < 1.29 is 18.0 Å². The number of nitrogens with one attached hydrogen (secondary N) is 1. The van der Waals surface area contributed by atoms with Gasteiger partial charge in [0.25, 0.3) is 0 Å². The summed E-state index contributed by atoms with van der Waals surface area (Å²) in [5, 5.41) is 3.11. The fraction of sp³-hybridized carbons (Fsp3) is 0.500. The molecule has 1 fully saturated rings. The number of rotatable bonds is 11. The van der Waals surface area contributed by atoms with E-state index in [1.165, 1.54) is 10.6 Å². The van der Waals surface area contributed by atoms with Gasteiger partial charge in [0.05, 0.1) is 11.9 Å². The van der Waals surface area contributed by atoms with Crippen LogP contribution in [-0.2, 0) is 26.2 Å². The highest BCUT2D eigenvalue weighted by Crippen LogP contribution is 2.21. The molecule has 1 unspecified atom stereocenters. The summed E-state index contributed by atoms with van der Waals surface area (Å²) in [6.07, 6.45) is 5.85. The van der Waals surface area contributed by atoms with E-state index in [0.29, 0.717) is 18.7 Å². The number of carbonyl (C=O) groups is 2. The van der Waals surface area contributed by atoms with E-state index in [2.05, 4.69) is 5.32 Å². The third-order valence-corrected chi connectivity index (χ3v) is 7.98. The van der Waals surface area contributed by atoms with Gasteiger partial charge in [-0.1, -0.05) is 54.8 Å². The highest BCUT2D eigenvalue weighted by atomic mass is 32.2. The Balaban J connectivity index is 1.71. The average molecular weight is 514 g/mol. The van der Waals surface area contributed by atoms with Gasteiger partial charge in [-0.2, -0.15) is 0 Å². The van der Waals surface area contributed by atoms with E-state index in [1.807, 2.05) is 56.3 Å². The van der Waals surface area contributed by atoms with Crippen LogP contribution in [0.5, 0.6) is 0 Å². The first-order valence-electron chi connectivity index (χ1n) is 12.7. The molecule has 8 heteroatoms. The molecular formula is C28H39N3O4S. The van der Waals surface area contributed by atoms with Crippen LogP contribution < -0.4 is 9.62 Å². The molecule has 36 heavy (non-hydrogen) atoms. The van der Waals surface area contributed by atoms with Crippen molar-refractivity contribution in [3.63, 3.8) is 0 Å². The average Bonchev–Trinajstić information content (AvgIpc) is 3.33. The molecule has 1 saturated carbocycles. The molecule has 0 saturated heterocycles. The largest absolute Gasteiger partial charge is 0.352 e. The smallest absolute Gasteiger partial charge is 0.242 e. The minimum Gasteiger partial charge on any atom is -0.352 e. The zero-order chi connectivity index (χ0) is 26.3. The number of anilines is 1. The van der Waals surface area contributed by atoms with Crippen molar-refractivity contribution >= 4 is 27.5 Å². The molecule has 1 aliphatic rings.